The van der Waals surface area contributed by atoms with Crippen LogP contribution >= 0.6 is 15.9 Å². The fourth-order valence-electron chi connectivity index (χ4n) is 2.64. The Morgan fingerprint density at radius 1 is 1.22 bits per heavy atom. The molecule has 1 aromatic carbocycles. The Morgan fingerprint density at radius 3 is 2.39 bits per heavy atom. The summed E-state index contributed by atoms with van der Waals surface area (Å²) in [5, 5.41) is 0. The molecule has 1 unspecified atom stereocenters. The van der Waals surface area contributed by atoms with E-state index in [2.05, 4.69) is 15.9 Å². The predicted molar refractivity (Wildman–Crippen MR) is 66.7 cm³/mol. The van der Waals surface area contributed by atoms with Gasteiger partial charge in [-0.3, -0.25) is 19.3 Å². The quantitative estimate of drug-likeness (QED) is 0.614. The zero-order valence-corrected chi connectivity index (χ0v) is 11.2. The minimum atomic E-state index is -0.449. The molecule has 1 heterocycles. The van der Waals surface area contributed by atoms with Crippen molar-refractivity contribution in [1.82, 2.24) is 4.90 Å². The minimum absolute atomic E-state index is 0.110. The Balaban J connectivity index is 1.86. The van der Waals surface area contributed by atoms with Crippen LogP contribution in [0, 0.1) is 17.8 Å². The van der Waals surface area contributed by atoms with Crippen LogP contribution < -0.4 is 0 Å². The highest BCUT2D eigenvalue weighted by Gasteiger charge is 2.69. The first-order valence-corrected chi connectivity index (χ1v) is 6.43. The van der Waals surface area contributed by atoms with Crippen molar-refractivity contribution in [2.24, 2.45) is 17.8 Å². The van der Waals surface area contributed by atoms with E-state index < -0.39 is 17.8 Å². The molecule has 1 saturated heterocycles. The Labute approximate surface area is 112 Å². The molecule has 3 atom stereocenters. The van der Waals surface area contributed by atoms with Gasteiger partial charge in [0.2, 0.25) is 11.8 Å². The van der Waals surface area contributed by atoms with E-state index in [1.165, 1.54) is 7.05 Å². The van der Waals surface area contributed by atoms with Crippen LogP contribution in [0.2, 0.25) is 0 Å². The number of carbonyl (C=O) groups excluding carboxylic acids is 3. The average molecular weight is 308 g/mol. The zero-order valence-electron chi connectivity index (χ0n) is 9.59. The number of hydrogen-bond acceptors (Lipinski definition) is 3. The van der Waals surface area contributed by atoms with Crippen molar-refractivity contribution in [3.63, 3.8) is 0 Å². The van der Waals surface area contributed by atoms with E-state index in [9.17, 15) is 14.4 Å². The van der Waals surface area contributed by atoms with Crippen molar-refractivity contribution in [1.29, 1.82) is 0 Å². The lowest BCUT2D eigenvalue weighted by Crippen LogP contribution is -2.32. The number of benzene rings is 1. The minimum Gasteiger partial charge on any atom is -0.294 e. The van der Waals surface area contributed by atoms with Crippen LogP contribution in [-0.4, -0.2) is 29.5 Å². The number of hydrogen-bond donors (Lipinski definition) is 0. The fourth-order valence-corrected chi connectivity index (χ4v) is 3.04. The second-order valence-electron chi connectivity index (χ2n) is 4.69. The summed E-state index contributed by atoms with van der Waals surface area (Å²) in [7, 11) is 1.47. The number of carbonyl (C=O) groups is 3. The summed E-state index contributed by atoms with van der Waals surface area (Å²) in [5.74, 6) is -1.85. The first-order valence-electron chi connectivity index (χ1n) is 5.63. The standard InChI is InChI=1S/C13H10BrNO3/c1-15-12(17)9-8(10(9)13(15)18)11(16)6-3-2-4-7(14)5-6/h2-5,8-10H,1H3/t8?,9-,10+. The largest absolute Gasteiger partial charge is 0.294 e. The lowest BCUT2D eigenvalue weighted by molar-refractivity contribution is -0.140. The first-order chi connectivity index (χ1) is 8.52. The number of piperidine rings is 1. The van der Waals surface area contributed by atoms with Gasteiger partial charge in [0.05, 0.1) is 11.8 Å². The SMILES string of the molecule is CN1C(=O)[C@@H]2C(C(=O)c3cccc(Br)c3)[C@@H]2C1=O. The maximum atomic E-state index is 12.2. The van der Waals surface area contributed by atoms with Gasteiger partial charge in [0.25, 0.3) is 0 Å². The lowest BCUT2D eigenvalue weighted by atomic mass is 10.0. The van der Waals surface area contributed by atoms with Crippen LogP contribution in [0.5, 0.6) is 0 Å². The highest BCUT2D eigenvalue weighted by Crippen LogP contribution is 2.54. The normalized spacial score (nSPS) is 29.4. The van der Waals surface area contributed by atoms with E-state index in [-0.39, 0.29) is 17.6 Å². The number of fused-ring (bicyclic) bond motifs is 1. The monoisotopic (exact) mass is 307 g/mol. The summed E-state index contributed by atoms with van der Waals surface area (Å²) in [6.45, 7) is 0. The van der Waals surface area contributed by atoms with Crippen LogP contribution in [0.4, 0.5) is 0 Å². The molecule has 1 aliphatic carbocycles. The number of Topliss-reactive ketones (excluding diaryl/α,β-unsaturated/α-hetero) is 1. The van der Waals surface area contributed by atoms with Gasteiger partial charge in [0.1, 0.15) is 0 Å². The van der Waals surface area contributed by atoms with Gasteiger partial charge >= 0.3 is 0 Å². The highest BCUT2D eigenvalue weighted by molar-refractivity contribution is 9.10. The molecule has 0 spiro atoms. The molecule has 0 aromatic heterocycles. The maximum Gasteiger partial charge on any atom is 0.233 e. The molecule has 1 saturated carbocycles. The molecule has 1 aromatic rings. The molecule has 0 radical (unpaired) electrons. The Bertz CT molecular complexity index is 561. The summed E-state index contributed by atoms with van der Waals surface area (Å²) in [6.07, 6.45) is 0. The Kier molecular flexibility index (Phi) is 2.41. The third-order valence-corrected chi connectivity index (χ3v) is 4.16. The topological polar surface area (TPSA) is 54.5 Å². The Hall–Kier alpha value is -1.49. The van der Waals surface area contributed by atoms with Gasteiger partial charge in [-0.25, -0.2) is 0 Å². The number of imide groups is 1. The third kappa shape index (κ3) is 1.47. The molecule has 2 aliphatic rings. The second-order valence-corrected chi connectivity index (χ2v) is 5.60. The molecule has 0 bridgehead atoms. The maximum absolute atomic E-state index is 12.2. The highest BCUT2D eigenvalue weighted by atomic mass is 79.9. The summed E-state index contributed by atoms with van der Waals surface area (Å²) in [6, 6.07) is 7.02. The molecule has 1 aliphatic heterocycles. The zero-order chi connectivity index (χ0) is 13.0. The molecule has 0 N–H and O–H groups in total. The fraction of sp³-hybridized carbons (Fsp3) is 0.308. The van der Waals surface area contributed by atoms with Crippen LogP contribution in [0.15, 0.2) is 28.7 Å². The molecule has 2 amide bonds. The van der Waals surface area contributed by atoms with Gasteiger partial charge in [-0.15, -0.1) is 0 Å². The number of amides is 2. The molecule has 4 nitrogen and oxygen atoms in total. The van der Waals surface area contributed by atoms with E-state index in [0.29, 0.717) is 5.56 Å². The second kappa shape index (κ2) is 3.75. The number of rotatable bonds is 2. The molecular formula is C13H10BrNO3. The van der Waals surface area contributed by atoms with Crippen molar-refractivity contribution >= 4 is 33.5 Å². The van der Waals surface area contributed by atoms with E-state index in [0.717, 1.165) is 9.37 Å². The van der Waals surface area contributed by atoms with E-state index in [1.54, 1.807) is 18.2 Å². The molecule has 5 heteroatoms. The van der Waals surface area contributed by atoms with E-state index in [4.69, 9.17) is 0 Å². The van der Waals surface area contributed by atoms with Crippen LogP contribution in [-0.2, 0) is 9.59 Å². The van der Waals surface area contributed by atoms with E-state index >= 15 is 0 Å². The van der Waals surface area contributed by atoms with Gasteiger partial charge in [-0.2, -0.15) is 0 Å². The van der Waals surface area contributed by atoms with Crippen molar-refractivity contribution < 1.29 is 14.4 Å². The number of nitrogens with zero attached hydrogens (tertiary/aromatic N) is 1. The van der Waals surface area contributed by atoms with E-state index in [1.807, 2.05) is 6.07 Å². The smallest absolute Gasteiger partial charge is 0.233 e. The Morgan fingerprint density at radius 2 is 1.83 bits per heavy atom. The summed E-state index contributed by atoms with van der Waals surface area (Å²) in [4.78, 5) is 36.8. The van der Waals surface area contributed by atoms with Crippen LogP contribution in [0.1, 0.15) is 10.4 Å². The lowest BCUT2D eigenvalue weighted by Gasteiger charge is -2.11. The van der Waals surface area contributed by atoms with Gasteiger partial charge in [-0.05, 0) is 12.1 Å². The molecule has 92 valence electrons. The molecule has 2 fully saturated rings. The van der Waals surface area contributed by atoms with Crippen molar-refractivity contribution in [2.75, 3.05) is 7.05 Å². The van der Waals surface area contributed by atoms with Crippen molar-refractivity contribution in [2.45, 2.75) is 0 Å². The molecular weight excluding hydrogens is 298 g/mol. The van der Waals surface area contributed by atoms with Crippen LogP contribution in [0.25, 0.3) is 0 Å². The molecule has 3 rings (SSSR count). The van der Waals surface area contributed by atoms with Crippen LogP contribution in [0.3, 0.4) is 0 Å². The first kappa shape index (κ1) is 11.6. The number of ketones is 1. The summed E-state index contributed by atoms with van der Waals surface area (Å²) >= 11 is 3.30. The van der Waals surface area contributed by atoms with Gasteiger partial charge < -0.3 is 0 Å². The number of likely N-dealkylation sites (tertiary alicyclic amines) is 1. The van der Waals surface area contributed by atoms with Crippen molar-refractivity contribution in [3.05, 3.63) is 34.3 Å². The molecule has 18 heavy (non-hydrogen) atoms. The average Bonchev–Trinajstić information content (AvgIpc) is 3.05. The third-order valence-electron chi connectivity index (χ3n) is 3.66. The van der Waals surface area contributed by atoms with Gasteiger partial charge in [-0.1, -0.05) is 28.1 Å². The van der Waals surface area contributed by atoms with Gasteiger partial charge in [0.15, 0.2) is 5.78 Å². The van der Waals surface area contributed by atoms with Crippen molar-refractivity contribution in [3.8, 4) is 0 Å². The predicted octanol–water partition coefficient (Wildman–Crippen LogP) is 1.49. The van der Waals surface area contributed by atoms with Gasteiger partial charge in [0, 0.05) is 23.0 Å². The summed E-state index contributed by atoms with van der Waals surface area (Å²) in [5.41, 5.74) is 0.548. The summed E-state index contributed by atoms with van der Waals surface area (Å²) < 4.78 is 0.814. The number of halogens is 1.